The van der Waals surface area contributed by atoms with Gasteiger partial charge in [0, 0.05) is 0 Å². The van der Waals surface area contributed by atoms with Gasteiger partial charge in [0.05, 0.1) is 21.6 Å². The number of carbonyl (C=O) groups excluding carboxylic acids is 3. The van der Waals surface area contributed by atoms with Gasteiger partial charge in [0.1, 0.15) is 23.1 Å². The fourth-order valence-corrected chi connectivity index (χ4v) is 4.04. The highest BCUT2D eigenvalue weighted by Crippen LogP contribution is 2.34. The Balaban J connectivity index is 1.77. The van der Waals surface area contributed by atoms with Gasteiger partial charge in [0.2, 0.25) is 0 Å². The Labute approximate surface area is 193 Å². The van der Waals surface area contributed by atoms with Crippen molar-refractivity contribution in [2.75, 3.05) is 5.32 Å². The molecule has 2 aromatic heterocycles. The summed E-state index contributed by atoms with van der Waals surface area (Å²) >= 11 is 6.96. The van der Waals surface area contributed by atoms with Crippen LogP contribution in [0.5, 0.6) is 5.75 Å². The largest absolute Gasteiger partial charge is 0.484 e. The molecule has 3 aromatic rings. The van der Waals surface area contributed by atoms with Crippen LogP contribution in [0, 0.1) is 6.92 Å². The third kappa shape index (κ3) is 5.30. The fraction of sp³-hybridized carbons (Fsp3) is 0.227. The maximum Gasteiger partial charge on any atom is 0.341 e. The highest BCUT2D eigenvalue weighted by molar-refractivity contribution is 7.18. The number of halogens is 1. The molecule has 3 rings (SSSR count). The summed E-state index contributed by atoms with van der Waals surface area (Å²) in [7, 11) is 0. The van der Waals surface area contributed by atoms with Gasteiger partial charge in [-0.25, -0.2) is 4.79 Å². The molecule has 0 spiro atoms. The molecule has 0 unspecified atom stereocenters. The van der Waals surface area contributed by atoms with Gasteiger partial charge in [-0.2, -0.15) is 0 Å². The number of carbonyl (C=O) groups is 3. The number of nitrogens with one attached hydrogen (secondary N) is 1. The molecule has 0 aliphatic rings. The second kappa shape index (κ2) is 9.88. The van der Waals surface area contributed by atoms with Gasteiger partial charge in [-0.05, 0) is 50.6 Å². The number of rotatable bonds is 8. The molecule has 0 bridgehead atoms. The molecule has 32 heavy (non-hydrogen) atoms. The lowest BCUT2D eigenvalue weighted by Crippen LogP contribution is -2.17. The van der Waals surface area contributed by atoms with Crippen molar-refractivity contribution in [3.63, 3.8) is 0 Å². The Kier molecular flexibility index (Phi) is 7.22. The molecule has 0 radical (unpaired) electrons. The van der Waals surface area contributed by atoms with Gasteiger partial charge in [-0.1, -0.05) is 23.7 Å². The third-order valence-corrected chi connectivity index (χ3v) is 5.77. The molecule has 0 saturated carbocycles. The normalized spacial score (nSPS) is 10.8. The first kappa shape index (κ1) is 23.4. The van der Waals surface area contributed by atoms with Crippen LogP contribution >= 0.6 is 22.9 Å². The summed E-state index contributed by atoms with van der Waals surface area (Å²) in [5.41, 5.74) is 5.83. The average Bonchev–Trinajstić information content (AvgIpc) is 3.31. The Bertz CT molecular complexity index is 1170. The molecule has 3 N–H and O–H groups in total. The van der Waals surface area contributed by atoms with E-state index in [1.165, 1.54) is 6.07 Å². The average molecular weight is 477 g/mol. The Morgan fingerprint density at radius 3 is 2.56 bits per heavy atom. The SMILES string of the molecule is Cc1c(C(N)=O)sc(NC(=O)c2ccc(COc3ccccc3Cl)o2)c1C(=O)OC(C)C. The van der Waals surface area contributed by atoms with E-state index in [0.717, 1.165) is 11.3 Å². The van der Waals surface area contributed by atoms with Crippen LogP contribution in [0.1, 0.15) is 55.8 Å². The lowest BCUT2D eigenvalue weighted by Gasteiger charge is -2.10. The van der Waals surface area contributed by atoms with Gasteiger partial charge in [-0.3, -0.25) is 9.59 Å². The first-order chi connectivity index (χ1) is 15.2. The molecule has 0 aliphatic carbocycles. The maximum absolute atomic E-state index is 12.7. The summed E-state index contributed by atoms with van der Waals surface area (Å²) in [6.45, 7) is 5.02. The van der Waals surface area contributed by atoms with Crippen LogP contribution in [0.3, 0.4) is 0 Å². The molecule has 168 valence electrons. The second-order valence-electron chi connectivity index (χ2n) is 7.02. The van der Waals surface area contributed by atoms with Gasteiger partial charge < -0.3 is 24.9 Å². The molecule has 0 fully saturated rings. The van der Waals surface area contributed by atoms with E-state index in [9.17, 15) is 14.4 Å². The minimum absolute atomic E-state index is 0.00221. The Morgan fingerprint density at radius 2 is 1.91 bits per heavy atom. The smallest absolute Gasteiger partial charge is 0.341 e. The minimum Gasteiger partial charge on any atom is -0.484 e. The fourth-order valence-electron chi connectivity index (χ4n) is 2.81. The summed E-state index contributed by atoms with van der Waals surface area (Å²) in [5, 5.41) is 3.21. The van der Waals surface area contributed by atoms with E-state index in [0.29, 0.717) is 22.1 Å². The van der Waals surface area contributed by atoms with Crippen molar-refractivity contribution in [3.05, 3.63) is 68.9 Å². The minimum atomic E-state index is -0.705. The maximum atomic E-state index is 12.7. The first-order valence-corrected chi connectivity index (χ1v) is 10.8. The summed E-state index contributed by atoms with van der Waals surface area (Å²) in [6.07, 6.45) is -0.381. The molecular formula is C22H21ClN2O6S. The molecular weight excluding hydrogens is 456 g/mol. The first-order valence-electron chi connectivity index (χ1n) is 9.59. The molecule has 10 heteroatoms. The van der Waals surface area contributed by atoms with E-state index in [4.69, 9.17) is 31.2 Å². The number of primary amides is 1. The number of anilines is 1. The zero-order valence-electron chi connectivity index (χ0n) is 17.6. The number of benzene rings is 1. The van der Waals surface area contributed by atoms with Crippen LogP contribution in [0.2, 0.25) is 5.02 Å². The van der Waals surface area contributed by atoms with Crippen molar-refractivity contribution in [1.29, 1.82) is 0 Å². The predicted molar refractivity (Wildman–Crippen MR) is 121 cm³/mol. The molecule has 1 aromatic carbocycles. The van der Waals surface area contributed by atoms with Crippen LogP contribution in [0.25, 0.3) is 0 Å². The lowest BCUT2D eigenvalue weighted by molar-refractivity contribution is 0.0379. The van der Waals surface area contributed by atoms with Crippen molar-refractivity contribution in [1.82, 2.24) is 0 Å². The highest BCUT2D eigenvalue weighted by atomic mass is 35.5. The van der Waals surface area contributed by atoms with Gasteiger partial charge in [0.25, 0.3) is 11.8 Å². The Morgan fingerprint density at radius 1 is 1.19 bits per heavy atom. The van der Waals surface area contributed by atoms with Crippen molar-refractivity contribution in [2.45, 2.75) is 33.5 Å². The number of esters is 1. The highest BCUT2D eigenvalue weighted by Gasteiger charge is 2.27. The monoisotopic (exact) mass is 476 g/mol. The standard InChI is InChI=1S/C22H21ClN2O6S/c1-11(2)30-22(28)17-12(3)18(19(24)26)32-21(17)25-20(27)16-9-8-13(31-16)10-29-15-7-5-4-6-14(15)23/h4-9,11H,10H2,1-3H3,(H2,24,26)(H,25,27). The van der Waals surface area contributed by atoms with Crippen molar-refractivity contribution in [2.24, 2.45) is 5.73 Å². The quantitative estimate of drug-likeness (QED) is 0.450. The zero-order valence-corrected chi connectivity index (χ0v) is 19.1. The molecule has 8 nitrogen and oxygen atoms in total. The Hall–Kier alpha value is -3.30. The number of ether oxygens (including phenoxy) is 2. The number of nitrogens with two attached hydrogens (primary N) is 1. The number of para-hydroxylation sites is 1. The van der Waals surface area contributed by atoms with E-state index >= 15 is 0 Å². The second-order valence-corrected chi connectivity index (χ2v) is 8.45. The number of hydrogen-bond acceptors (Lipinski definition) is 7. The third-order valence-electron chi connectivity index (χ3n) is 4.24. The topological polar surface area (TPSA) is 121 Å². The summed E-state index contributed by atoms with van der Waals surface area (Å²) in [5.74, 6) is -1.09. The molecule has 0 atom stereocenters. The van der Waals surface area contributed by atoms with Crippen LogP contribution < -0.4 is 15.8 Å². The van der Waals surface area contributed by atoms with E-state index in [1.807, 2.05) is 0 Å². The zero-order chi connectivity index (χ0) is 23.4. The molecule has 2 amide bonds. The summed E-state index contributed by atoms with van der Waals surface area (Å²) < 4.78 is 16.4. The number of furan rings is 1. The number of thiophene rings is 1. The number of amides is 2. The van der Waals surface area contributed by atoms with Crippen molar-refractivity contribution < 1.29 is 28.3 Å². The van der Waals surface area contributed by atoms with E-state index in [-0.39, 0.29) is 33.9 Å². The summed E-state index contributed by atoms with van der Waals surface area (Å²) in [4.78, 5) is 37.1. The van der Waals surface area contributed by atoms with Crippen LogP contribution in [0.15, 0.2) is 40.8 Å². The van der Waals surface area contributed by atoms with E-state index in [1.54, 1.807) is 51.1 Å². The molecule has 0 saturated heterocycles. The number of hydrogen-bond donors (Lipinski definition) is 2. The van der Waals surface area contributed by atoms with Gasteiger partial charge in [0.15, 0.2) is 5.76 Å². The van der Waals surface area contributed by atoms with Gasteiger partial charge in [-0.15, -0.1) is 11.3 Å². The summed E-state index contributed by atoms with van der Waals surface area (Å²) in [6, 6.07) is 10.0. The van der Waals surface area contributed by atoms with Crippen LogP contribution in [-0.4, -0.2) is 23.9 Å². The predicted octanol–water partition coefficient (Wildman–Crippen LogP) is 4.80. The lowest BCUT2D eigenvalue weighted by atomic mass is 10.1. The van der Waals surface area contributed by atoms with Crippen molar-refractivity contribution >= 4 is 45.7 Å². The van der Waals surface area contributed by atoms with Crippen LogP contribution in [0.4, 0.5) is 5.00 Å². The van der Waals surface area contributed by atoms with Gasteiger partial charge >= 0.3 is 5.97 Å². The molecule has 0 aliphatic heterocycles. The van der Waals surface area contributed by atoms with Crippen LogP contribution in [-0.2, 0) is 11.3 Å². The van der Waals surface area contributed by atoms with E-state index < -0.39 is 17.8 Å². The molecule has 2 heterocycles. The van der Waals surface area contributed by atoms with E-state index in [2.05, 4.69) is 5.32 Å². The van der Waals surface area contributed by atoms with Crippen molar-refractivity contribution in [3.8, 4) is 5.75 Å².